The van der Waals surface area contributed by atoms with E-state index in [1.54, 1.807) is 0 Å². The summed E-state index contributed by atoms with van der Waals surface area (Å²) in [6.07, 6.45) is 1.77. The smallest absolute Gasteiger partial charge is 0.225 e. The second-order valence-electron chi connectivity index (χ2n) is 4.93. The summed E-state index contributed by atoms with van der Waals surface area (Å²) in [5.41, 5.74) is 0.107. The second kappa shape index (κ2) is 2.48. The Labute approximate surface area is 74.9 Å². The molecule has 1 unspecified atom stereocenters. The van der Waals surface area contributed by atoms with Crippen LogP contribution in [0, 0.1) is 0 Å². The summed E-state index contributed by atoms with van der Waals surface area (Å²) in [5.74, 6) is 0.298. The van der Waals surface area contributed by atoms with Crippen molar-refractivity contribution in [3.8, 4) is 0 Å². The van der Waals surface area contributed by atoms with Gasteiger partial charge in [-0.3, -0.25) is 4.79 Å². The van der Waals surface area contributed by atoms with Crippen molar-refractivity contribution in [2.45, 2.75) is 58.5 Å². The van der Waals surface area contributed by atoms with Gasteiger partial charge in [0.2, 0.25) is 5.91 Å². The molecule has 1 atom stereocenters. The van der Waals surface area contributed by atoms with Crippen LogP contribution in [0.5, 0.6) is 0 Å². The number of hydrogen-bond acceptors (Lipinski definition) is 1. The molecule has 0 bridgehead atoms. The predicted molar refractivity (Wildman–Crippen MR) is 49.9 cm³/mol. The van der Waals surface area contributed by atoms with Crippen molar-refractivity contribution in [2.75, 3.05) is 0 Å². The summed E-state index contributed by atoms with van der Waals surface area (Å²) < 4.78 is 0. The van der Waals surface area contributed by atoms with E-state index in [-0.39, 0.29) is 11.1 Å². The van der Waals surface area contributed by atoms with Crippen LogP contribution in [0.4, 0.5) is 0 Å². The molecule has 0 aromatic carbocycles. The zero-order valence-electron chi connectivity index (χ0n) is 8.77. The molecule has 1 aliphatic heterocycles. The molecule has 1 fully saturated rings. The number of carbonyl (C=O) groups is 1. The summed E-state index contributed by atoms with van der Waals surface area (Å²) in [4.78, 5) is 13.4. The van der Waals surface area contributed by atoms with Crippen molar-refractivity contribution in [2.24, 2.45) is 0 Å². The Bertz CT molecular complexity index is 204. The lowest BCUT2D eigenvalue weighted by Crippen LogP contribution is -2.67. The zero-order valence-corrected chi connectivity index (χ0v) is 8.77. The highest BCUT2D eigenvalue weighted by Gasteiger charge is 2.50. The quantitative estimate of drug-likeness (QED) is 0.551. The van der Waals surface area contributed by atoms with E-state index in [1.807, 2.05) is 4.90 Å². The Hall–Kier alpha value is -0.530. The average molecular weight is 169 g/mol. The SMILES string of the molecule is CCC1(C)CC(=O)N1C(C)(C)C. The fraction of sp³-hybridized carbons (Fsp3) is 0.900. The lowest BCUT2D eigenvalue weighted by atomic mass is 9.79. The van der Waals surface area contributed by atoms with Gasteiger partial charge in [-0.2, -0.15) is 0 Å². The number of amides is 1. The Kier molecular flexibility index (Phi) is 1.97. The van der Waals surface area contributed by atoms with E-state index in [2.05, 4.69) is 34.6 Å². The summed E-state index contributed by atoms with van der Waals surface area (Å²) in [6, 6.07) is 0. The second-order valence-corrected chi connectivity index (χ2v) is 4.93. The third-order valence-electron chi connectivity index (χ3n) is 2.75. The normalized spacial score (nSPS) is 30.4. The van der Waals surface area contributed by atoms with E-state index < -0.39 is 0 Å². The summed E-state index contributed by atoms with van der Waals surface area (Å²) in [7, 11) is 0. The molecular formula is C10H19NO. The van der Waals surface area contributed by atoms with E-state index in [1.165, 1.54) is 0 Å². The van der Waals surface area contributed by atoms with Gasteiger partial charge in [-0.05, 0) is 34.1 Å². The van der Waals surface area contributed by atoms with E-state index in [4.69, 9.17) is 0 Å². The minimum atomic E-state index is -0.0138. The maximum absolute atomic E-state index is 11.4. The molecule has 0 saturated carbocycles. The van der Waals surface area contributed by atoms with Gasteiger partial charge in [0.1, 0.15) is 0 Å². The third kappa shape index (κ3) is 1.23. The first kappa shape index (κ1) is 9.56. The van der Waals surface area contributed by atoms with Gasteiger partial charge in [0.25, 0.3) is 0 Å². The molecule has 0 aromatic heterocycles. The molecule has 0 spiro atoms. The van der Waals surface area contributed by atoms with Crippen molar-refractivity contribution >= 4 is 5.91 Å². The standard InChI is InChI=1S/C10H19NO/c1-6-10(5)7-8(12)11(10)9(2,3)4/h6-7H2,1-5H3. The van der Waals surface area contributed by atoms with Gasteiger partial charge in [-0.1, -0.05) is 6.92 Å². The predicted octanol–water partition coefficient (Wildman–Crippen LogP) is 2.19. The highest BCUT2D eigenvalue weighted by Crippen LogP contribution is 2.40. The van der Waals surface area contributed by atoms with Gasteiger partial charge in [0.15, 0.2) is 0 Å². The summed E-state index contributed by atoms with van der Waals surface area (Å²) >= 11 is 0. The highest BCUT2D eigenvalue weighted by atomic mass is 16.2. The average Bonchev–Trinajstić information content (AvgIpc) is 1.82. The maximum atomic E-state index is 11.4. The number of nitrogens with zero attached hydrogens (tertiary/aromatic N) is 1. The van der Waals surface area contributed by atoms with Gasteiger partial charge >= 0.3 is 0 Å². The number of β-lactam (4-membered cyclic amide) rings is 1. The van der Waals surface area contributed by atoms with Crippen LogP contribution in [0.25, 0.3) is 0 Å². The van der Waals surface area contributed by atoms with Crippen LogP contribution in [-0.4, -0.2) is 21.9 Å². The first-order valence-corrected chi connectivity index (χ1v) is 4.64. The summed E-state index contributed by atoms with van der Waals surface area (Å²) in [6.45, 7) is 10.6. The van der Waals surface area contributed by atoms with Gasteiger partial charge in [0.05, 0.1) is 0 Å². The zero-order chi connectivity index (χ0) is 9.57. The number of rotatable bonds is 1. The minimum absolute atomic E-state index is 0.0138. The molecule has 0 aromatic rings. The molecule has 70 valence electrons. The van der Waals surface area contributed by atoms with Gasteiger partial charge in [-0.15, -0.1) is 0 Å². The van der Waals surface area contributed by atoms with Gasteiger partial charge < -0.3 is 4.90 Å². The van der Waals surface area contributed by atoms with Crippen molar-refractivity contribution in [3.05, 3.63) is 0 Å². The number of carbonyl (C=O) groups excluding carboxylic acids is 1. The fourth-order valence-corrected chi connectivity index (χ4v) is 2.16. The van der Waals surface area contributed by atoms with Gasteiger partial charge in [-0.25, -0.2) is 0 Å². The molecule has 1 heterocycles. The molecule has 2 heteroatoms. The van der Waals surface area contributed by atoms with Gasteiger partial charge in [0, 0.05) is 17.5 Å². The first-order chi connectivity index (χ1) is 5.31. The van der Waals surface area contributed by atoms with E-state index in [0.29, 0.717) is 5.91 Å². The van der Waals surface area contributed by atoms with Crippen LogP contribution in [0.3, 0.4) is 0 Å². The fourth-order valence-electron chi connectivity index (χ4n) is 2.16. The Morgan fingerprint density at radius 1 is 1.50 bits per heavy atom. The third-order valence-corrected chi connectivity index (χ3v) is 2.75. The molecule has 12 heavy (non-hydrogen) atoms. The highest BCUT2D eigenvalue weighted by molar-refractivity contribution is 5.85. The van der Waals surface area contributed by atoms with Crippen LogP contribution < -0.4 is 0 Å². The van der Waals surface area contributed by atoms with E-state index >= 15 is 0 Å². The number of hydrogen-bond donors (Lipinski definition) is 0. The van der Waals surface area contributed by atoms with Crippen LogP contribution in [0.15, 0.2) is 0 Å². The molecular weight excluding hydrogens is 150 g/mol. The monoisotopic (exact) mass is 169 g/mol. The number of likely N-dealkylation sites (tertiary alicyclic amines) is 1. The molecule has 0 N–H and O–H groups in total. The lowest BCUT2D eigenvalue weighted by molar-refractivity contribution is -0.166. The first-order valence-electron chi connectivity index (χ1n) is 4.64. The summed E-state index contributed by atoms with van der Waals surface area (Å²) in [5, 5.41) is 0. The molecule has 1 saturated heterocycles. The van der Waals surface area contributed by atoms with E-state index in [9.17, 15) is 4.79 Å². The largest absolute Gasteiger partial charge is 0.332 e. The molecule has 1 aliphatic rings. The lowest BCUT2D eigenvalue weighted by Gasteiger charge is -2.56. The van der Waals surface area contributed by atoms with Crippen molar-refractivity contribution < 1.29 is 4.79 Å². The Morgan fingerprint density at radius 3 is 2.17 bits per heavy atom. The Balaban J connectivity index is 2.82. The van der Waals surface area contributed by atoms with E-state index in [0.717, 1.165) is 12.8 Å². The van der Waals surface area contributed by atoms with Crippen molar-refractivity contribution in [3.63, 3.8) is 0 Å². The molecule has 0 radical (unpaired) electrons. The molecule has 0 aliphatic carbocycles. The van der Waals surface area contributed by atoms with Crippen molar-refractivity contribution in [1.82, 2.24) is 4.90 Å². The molecule has 2 nitrogen and oxygen atoms in total. The molecule has 1 amide bonds. The Morgan fingerprint density at radius 2 is 2.00 bits per heavy atom. The minimum Gasteiger partial charge on any atom is -0.332 e. The topological polar surface area (TPSA) is 20.3 Å². The van der Waals surface area contributed by atoms with Crippen LogP contribution >= 0.6 is 0 Å². The van der Waals surface area contributed by atoms with Crippen LogP contribution in [0.1, 0.15) is 47.5 Å². The molecule has 1 rings (SSSR count). The van der Waals surface area contributed by atoms with Crippen LogP contribution in [0.2, 0.25) is 0 Å². The maximum Gasteiger partial charge on any atom is 0.225 e. The van der Waals surface area contributed by atoms with Crippen LogP contribution in [-0.2, 0) is 4.79 Å². The van der Waals surface area contributed by atoms with Crippen molar-refractivity contribution in [1.29, 1.82) is 0 Å².